The number of halogens is 1. The lowest BCUT2D eigenvalue weighted by Gasteiger charge is -2.34. The Balaban J connectivity index is 1.94. The standard InChI is InChI=1S/C10H9ClN2O2/c11-9-2-1-7-8(12-9)3-13(10(7)14)6-4-15-5-6/h1-2,6H,3-5H2. The Kier molecular flexibility index (Phi) is 1.94. The van der Waals surface area contributed by atoms with E-state index in [9.17, 15) is 4.79 Å². The van der Waals surface area contributed by atoms with Crippen molar-refractivity contribution in [3.63, 3.8) is 0 Å². The first-order chi connectivity index (χ1) is 7.25. The quantitative estimate of drug-likeness (QED) is 0.671. The van der Waals surface area contributed by atoms with E-state index in [2.05, 4.69) is 4.98 Å². The summed E-state index contributed by atoms with van der Waals surface area (Å²) in [6.45, 7) is 1.82. The molecule has 0 aromatic carbocycles. The van der Waals surface area contributed by atoms with Crippen molar-refractivity contribution < 1.29 is 9.53 Å². The summed E-state index contributed by atoms with van der Waals surface area (Å²) < 4.78 is 5.08. The summed E-state index contributed by atoms with van der Waals surface area (Å²) in [7, 11) is 0. The van der Waals surface area contributed by atoms with E-state index in [0.717, 1.165) is 5.69 Å². The first-order valence-electron chi connectivity index (χ1n) is 4.80. The molecule has 2 aliphatic rings. The van der Waals surface area contributed by atoms with Crippen molar-refractivity contribution in [2.24, 2.45) is 0 Å². The predicted octanol–water partition coefficient (Wildman–Crippen LogP) is 1.09. The van der Waals surface area contributed by atoms with E-state index in [4.69, 9.17) is 16.3 Å². The lowest BCUT2D eigenvalue weighted by molar-refractivity contribution is -0.0542. The van der Waals surface area contributed by atoms with Crippen molar-refractivity contribution in [3.05, 3.63) is 28.5 Å². The summed E-state index contributed by atoms with van der Waals surface area (Å²) in [6.07, 6.45) is 0. The number of fused-ring (bicyclic) bond motifs is 1. The van der Waals surface area contributed by atoms with Crippen molar-refractivity contribution in [1.82, 2.24) is 9.88 Å². The summed E-state index contributed by atoms with van der Waals surface area (Å²) >= 11 is 5.78. The number of rotatable bonds is 1. The summed E-state index contributed by atoms with van der Waals surface area (Å²) in [5, 5.41) is 0.438. The molecule has 3 rings (SSSR count). The van der Waals surface area contributed by atoms with E-state index in [1.54, 1.807) is 17.0 Å². The van der Waals surface area contributed by atoms with E-state index >= 15 is 0 Å². The van der Waals surface area contributed by atoms with E-state index in [1.165, 1.54) is 0 Å². The number of ether oxygens (including phenoxy) is 1. The lowest BCUT2D eigenvalue weighted by Crippen LogP contribution is -2.48. The molecule has 3 heterocycles. The van der Waals surface area contributed by atoms with Crippen LogP contribution in [-0.4, -0.2) is 35.0 Å². The Labute approximate surface area is 91.8 Å². The summed E-state index contributed by atoms with van der Waals surface area (Å²) in [4.78, 5) is 17.9. The molecule has 1 aromatic rings. The highest BCUT2D eigenvalue weighted by atomic mass is 35.5. The topological polar surface area (TPSA) is 42.4 Å². The number of hydrogen-bond acceptors (Lipinski definition) is 3. The van der Waals surface area contributed by atoms with Crippen LogP contribution in [0.1, 0.15) is 16.1 Å². The maximum Gasteiger partial charge on any atom is 0.256 e. The van der Waals surface area contributed by atoms with Gasteiger partial charge in [0.05, 0.1) is 37.1 Å². The van der Waals surface area contributed by atoms with Crippen LogP contribution in [0.2, 0.25) is 5.15 Å². The van der Waals surface area contributed by atoms with Gasteiger partial charge in [-0.2, -0.15) is 0 Å². The Morgan fingerprint density at radius 2 is 2.27 bits per heavy atom. The molecule has 78 valence electrons. The lowest BCUT2D eigenvalue weighted by atomic mass is 10.2. The van der Waals surface area contributed by atoms with Gasteiger partial charge in [-0.3, -0.25) is 4.79 Å². The van der Waals surface area contributed by atoms with Crippen LogP contribution in [-0.2, 0) is 11.3 Å². The van der Waals surface area contributed by atoms with Crippen LogP contribution in [0.3, 0.4) is 0 Å². The van der Waals surface area contributed by atoms with Crippen LogP contribution >= 0.6 is 11.6 Å². The van der Waals surface area contributed by atoms with Crippen molar-refractivity contribution in [2.75, 3.05) is 13.2 Å². The number of pyridine rings is 1. The number of aromatic nitrogens is 1. The Hall–Kier alpha value is -1.13. The Morgan fingerprint density at radius 3 is 2.93 bits per heavy atom. The molecule has 1 aromatic heterocycles. The number of nitrogens with zero attached hydrogens (tertiary/aromatic N) is 2. The molecule has 1 fully saturated rings. The number of carbonyl (C=O) groups is 1. The van der Waals surface area contributed by atoms with Gasteiger partial charge in [-0.05, 0) is 12.1 Å². The molecule has 2 aliphatic heterocycles. The second-order valence-electron chi connectivity index (χ2n) is 3.75. The fourth-order valence-electron chi connectivity index (χ4n) is 1.88. The zero-order valence-corrected chi connectivity index (χ0v) is 8.70. The molecule has 0 spiro atoms. The van der Waals surface area contributed by atoms with Gasteiger partial charge in [0.1, 0.15) is 5.15 Å². The maximum atomic E-state index is 11.9. The fourth-order valence-corrected chi connectivity index (χ4v) is 2.04. The zero-order chi connectivity index (χ0) is 10.4. The molecule has 1 saturated heterocycles. The van der Waals surface area contributed by atoms with Gasteiger partial charge in [-0.15, -0.1) is 0 Å². The van der Waals surface area contributed by atoms with Crippen LogP contribution in [0.5, 0.6) is 0 Å². The molecule has 15 heavy (non-hydrogen) atoms. The molecule has 0 unspecified atom stereocenters. The average molecular weight is 225 g/mol. The number of hydrogen-bond donors (Lipinski definition) is 0. The molecule has 5 heteroatoms. The van der Waals surface area contributed by atoms with E-state index < -0.39 is 0 Å². The Bertz CT molecular complexity index is 431. The fraction of sp³-hybridized carbons (Fsp3) is 0.400. The van der Waals surface area contributed by atoms with Gasteiger partial charge in [0, 0.05) is 0 Å². The van der Waals surface area contributed by atoms with Crippen molar-refractivity contribution in [3.8, 4) is 0 Å². The summed E-state index contributed by atoms with van der Waals surface area (Å²) in [6, 6.07) is 3.61. The maximum absolute atomic E-state index is 11.9. The van der Waals surface area contributed by atoms with Crippen LogP contribution in [0.15, 0.2) is 12.1 Å². The first-order valence-corrected chi connectivity index (χ1v) is 5.17. The van der Waals surface area contributed by atoms with Gasteiger partial charge < -0.3 is 9.64 Å². The van der Waals surface area contributed by atoms with Crippen molar-refractivity contribution in [1.29, 1.82) is 0 Å². The van der Waals surface area contributed by atoms with E-state index in [-0.39, 0.29) is 11.9 Å². The minimum absolute atomic E-state index is 0.0440. The molecule has 0 radical (unpaired) electrons. The van der Waals surface area contributed by atoms with Gasteiger partial charge in [-0.1, -0.05) is 11.6 Å². The minimum Gasteiger partial charge on any atom is -0.377 e. The third-order valence-electron chi connectivity index (χ3n) is 2.81. The van der Waals surface area contributed by atoms with Gasteiger partial charge in [0.15, 0.2) is 0 Å². The highest BCUT2D eigenvalue weighted by Gasteiger charge is 2.36. The van der Waals surface area contributed by atoms with Crippen LogP contribution in [0.4, 0.5) is 0 Å². The molecular formula is C10H9ClN2O2. The highest BCUT2D eigenvalue weighted by Crippen LogP contribution is 2.26. The molecule has 0 bridgehead atoms. The van der Waals surface area contributed by atoms with Gasteiger partial charge in [0.2, 0.25) is 0 Å². The van der Waals surface area contributed by atoms with E-state index in [0.29, 0.717) is 30.5 Å². The molecule has 0 N–H and O–H groups in total. The Morgan fingerprint density at radius 1 is 1.47 bits per heavy atom. The average Bonchev–Trinajstić information content (AvgIpc) is 2.41. The largest absolute Gasteiger partial charge is 0.377 e. The summed E-state index contributed by atoms with van der Waals surface area (Å²) in [5.41, 5.74) is 1.45. The van der Waals surface area contributed by atoms with Gasteiger partial charge in [0.25, 0.3) is 5.91 Å². The second-order valence-corrected chi connectivity index (χ2v) is 4.14. The normalized spacial score (nSPS) is 20.3. The third-order valence-corrected chi connectivity index (χ3v) is 3.02. The molecule has 0 atom stereocenters. The van der Waals surface area contributed by atoms with Crippen LogP contribution in [0.25, 0.3) is 0 Å². The van der Waals surface area contributed by atoms with Crippen molar-refractivity contribution >= 4 is 17.5 Å². The van der Waals surface area contributed by atoms with Crippen LogP contribution < -0.4 is 0 Å². The SMILES string of the molecule is O=C1c2ccc(Cl)nc2CN1C1COC1. The first kappa shape index (κ1) is 9.12. The second kappa shape index (κ2) is 3.18. The summed E-state index contributed by atoms with van der Waals surface area (Å²) in [5.74, 6) is 0.0440. The minimum atomic E-state index is 0.0440. The van der Waals surface area contributed by atoms with Crippen molar-refractivity contribution in [2.45, 2.75) is 12.6 Å². The highest BCUT2D eigenvalue weighted by molar-refractivity contribution is 6.29. The van der Waals surface area contributed by atoms with Crippen LogP contribution in [0, 0.1) is 0 Å². The predicted molar refractivity (Wildman–Crippen MR) is 53.7 cm³/mol. The third kappa shape index (κ3) is 1.33. The molecular weight excluding hydrogens is 216 g/mol. The van der Waals surface area contributed by atoms with Gasteiger partial charge in [-0.25, -0.2) is 4.98 Å². The smallest absolute Gasteiger partial charge is 0.256 e. The molecule has 0 aliphatic carbocycles. The van der Waals surface area contributed by atoms with Gasteiger partial charge >= 0.3 is 0 Å². The molecule has 4 nitrogen and oxygen atoms in total. The monoisotopic (exact) mass is 224 g/mol. The number of carbonyl (C=O) groups excluding carboxylic acids is 1. The molecule has 0 saturated carbocycles. The molecule has 1 amide bonds. The number of amides is 1. The zero-order valence-electron chi connectivity index (χ0n) is 7.94. The van der Waals surface area contributed by atoms with E-state index in [1.807, 2.05) is 0 Å².